The van der Waals surface area contributed by atoms with E-state index in [9.17, 15) is 17.6 Å². The van der Waals surface area contributed by atoms with Gasteiger partial charge in [0.05, 0.1) is 10.2 Å². The standard InChI is InChI=1S/C15H14BrFN6O5S/c16-10-6-9(1-2-11(10)17)23-14(21-27-15(23)24)13-12(19-28-20-13)5-7-3-8(4-7)22-29(18,25)26/h1-2,6-8,22H,3-5H2,(H2,18,25,26). The van der Waals surface area contributed by atoms with Gasteiger partial charge in [-0.3, -0.25) is 4.52 Å². The second-order valence-corrected chi connectivity index (χ2v) is 8.85. The molecule has 3 aromatic rings. The van der Waals surface area contributed by atoms with E-state index in [4.69, 9.17) is 14.3 Å². The van der Waals surface area contributed by atoms with Gasteiger partial charge in [-0.05, 0) is 64.5 Å². The van der Waals surface area contributed by atoms with Crippen molar-refractivity contribution in [3.05, 3.63) is 44.7 Å². The predicted octanol–water partition coefficient (Wildman–Crippen LogP) is 0.891. The van der Waals surface area contributed by atoms with Crippen LogP contribution in [0.1, 0.15) is 18.5 Å². The van der Waals surface area contributed by atoms with Gasteiger partial charge >= 0.3 is 5.76 Å². The Balaban J connectivity index is 1.58. The van der Waals surface area contributed by atoms with Crippen molar-refractivity contribution in [2.75, 3.05) is 0 Å². The number of rotatable bonds is 6. The van der Waals surface area contributed by atoms with E-state index in [-0.39, 0.29) is 28.0 Å². The SMILES string of the molecule is NS(=O)(=O)NC1CC(Cc2nonc2-c2noc(=O)n2-c2ccc(F)c(Br)c2)C1. The highest BCUT2D eigenvalue weighted by molar-refractivity contribution is 9.10. The molecule has 0 spiro atoms. The number of nitrogens with two attached hydrogens (primary N) is 1. The zero-order chi connectivity index (χ0) is 20.8. The first-order chi connectivity index (χ1) is 13.7. The Labute approximate surface area is 171 Å². The normalized spacial score (nSPS) is 19.3. The van der Waals surface area contributed by atoms with E-state index in [1.54, 1.807) is 0 Å². The van der Waals surface area contributed by atoms with Crippen molar-refractivity contribution in [3.63, 3.8) is 0 Å². The van der Waals surface area contributed by atoms with Crippen LogP contribution in [0.4, 0.5) is 4.39 Å². The molecular weight excluding hydrogens is 475 g/mol. The Morgan fingerprint density at radius 3 is 2.76 bits per heavy atom. The Hall–Kier alpha value is -2.42. The summed E-state index contributed by atoms with van der Waals surface area (Å²) in [6, 6.07) is 3.75. The molecule has 1 aromatic carbocycles. The van der Waals surface area contributed by atoms with E-state index in [1.807, 2.05) is 0 Å². The summed E-state index contributed by atoms with van der Waals surface area (Å²) in [5.74, 6) is -1.10. The summed E-state index contributed by atoms with van der Waals surface area (Å²) in [6.45, 7) is 0. The molecule has 0 atom stereocenters. The van der Waals surface area contributed by atoms with Gasteiger partial charge in [0, 0.05) is 6.04 Å². The Morgan fingerprint density at radius 1 is 1.31 bits per heavy atom. The number of halogens is 2. The molecule has 0 radical (unpaired) electrons. The predicted molar refractivity (Wildman–Crippen MR) is 99.5 cm³/mol. The Bertz CT molecular complexity index is 1220. The lowest BCUT2D eigenvalue weighted by Crippen LogP contribution is -2.47. The van der Waals surface area contributed by atoms with Crippen molar-refractivity contribution >= 4 is 26.1 Å². The topological polar surface area (TPSA) is 159 Å². The summed E-state index contributed by atoms with van der Waals surface area (Å²) in [7, 11) is -3.75. The number of nitrogens with one attached hydrogen (secondary N) is 1. The summed E-state index contributed by atoms with van der Waals surface area (Å²) in [6.07, 6.45) is 1.56. The maximum atomic E-state index is 13.5. The van der Waals surface area contributed by atoms with Gasteiger partial charge in [-0.2, -0.15) is 13.1 Å². The third-order valence-electron chi connectivity index (χ3n) is 4.58. The summed E-state index contributed by atoms with van der Waals surface area (Å²) in [5, 5.41) is 16.4. The second-order valence-electron chi connectivity index (χ2n) is 6.67. The molecule has 0 saturated heterocycles. The molecule has 0 amide bonds. The van der Waals surface area contributed by atoms with Crippen molar-refractivity contribution in [2.24, 2.45) is 11.1 Å². The fourth-order valence-electron chi connectivity index (χ4n) is 3.27. The van der Waals surface area contributed by atoms with Crippen molar-refractivity contribution < 1.29 is 22.0 Å². The van der Waals surface area contributed by atoms with Crippen molar-refractivity contribution in [1.82, 2.24) is 24.8 Å². The third kappa shape index (κ3) is 4.14. The maximum absolute atomic E-state index is 13.5. The van der Waals surface area contributed by atoms with E-state index in [0.717, 1.165) is 4.57 Å². The second kappa shape index (κ2) is 7.44. The molecule has 0 bridgehead atoms. The van der Waals surface area contributed by atoms with Crippen LogP contribution in [-0.2, 0) is 16.6 Å². The lowest BCUT2D eigenvalue weighted by molar-refractivity contribution is 0.239. The fourth-order valence-corrected chi connectivity index (χ4v) is 4.29. The molecule has 4 rings (SSSR count). The number of benzene rings is 1. The number of hydrogen-bond donors (Lipinski definition) is 2. The summed E-state index contributed by atoms with van der Waals surface area (Å²) in [5.41, 5.74) is 0.959. The minimum Gasteiger partial charge on any atom is -0.295 e. The van der Waals surface area contributed by atoms with E-state index < -0.39 is 21.8 Å². The van der Waals surface area contributed by atoms with Crippen molar-refractivity contribution in [2.45, 2.75) is 25.3 Å². The average Bonchev–Trinajstić information content (AvgIpc) is 3.20. The molecule has 3 N–H and O–H groups in total. The van der Waals surface area contributed by atoms with Crippen LogP contribution < -0.4 is 15.6 Å². The van der Waals surface area contributed by atoms with Gasteiger partial charge < -0.3 is 0 Å². The molecular formula is C15H14BrFN6O5S. The average molecular weight is 489 g/mol. The highest BCUT2D eigenvalue weighted by atomic mass is 79.9. The van der Waals surface area contributed by atoms with E-state index in [0.29, 0.717) is 30.6 Å². The molecule has 1 saturated carbocycles. The quantitative estimate of drug-likeness (QED) is 0.517. The maximum Gasteiger partial charge on any atom is 0.446 e. The zero-order valence-corrected chi connectivity index (χ0v) is 17.0. The van der Waals surface area contributed by atoms with E-state index in [2.05, 4.69) is 36.1 Å². The lowest BCUT2D eigenvalue weighted by Gasteiger charge is -2.34. The smallest absolute Gasteiger partial charge is 0.295 e. The van der Waals surface area contributed by atoms with Crippen LogP contribution >= 0.6 is 15.9 Å². The van der Waals surface area contributed by atoms with Crippen LogP contribution in [-0.4, -0.2) is 34.5 Å². The van der Waals surface area contributed by atoms with Crippen molar-refractivity contribution in [1.29, 1.82) is 0 Å². The Kier molecular flexibility index (Phi) is 5.10. The Morgan fingerprint density at radius 2 is 2.07 bits per heavy atom. The van der Waals surface area contributed by atoms with Gasteiger partial charge in [0.2, 0.25) is 5.82 Å². The first-order valence-electron chi connectivity index (χ1n) is 8.37. The highest BCUT2D eigenvalue weighted by Gasteiger charge is 2.34. The van der Waals surface area contributed by atoms with Crippen LogP contribution in [0.5, 0.6) is 0 Å². The molecule has 29 heavy (non-hydrogen) atoms. The van der Waals surface area contributed by atoms with Gasteiger partial charge in [0.1, 0.15) is 11.5 Å². The summed E-state index contributed by atoms with van der Waals surface area (Å²) < 4.78 is 48.9. The van der Waals surface area contributed by atoms with Gasteiger partial charge in [0.25, 0.3) is 10.2 Å². The lowest BCUT2D eigenvalue weighted by atomic mass is 9.78. The van der Waals surface area contributed by atoms with Crippen LogP contribution in [0.3, 0.4) is 0 Å². The summed E-state index contributed by atoms with van der Waals surface area (Å²) in [4.78, 5) is 12.2. The number of nitrogens with zero attached hydrogens (tertiary/aromatic N) is 4. The van der Waals surface area contributed by atoms with Gasteiger partial charge in [0.15, 0.2) is 5.69 Å². The zero-order valence-electron chi connectivity index (χ0n) is 14.6. The first kappa shape index (κ1) is 19.9. The highest BCUT2D eigenvalue weighted by Crippen LogP contribution is 2.33. The van der Waals surface area contributed by atoms with Crippen molar-refractivity contribution in [3.8, 4) is 17.2 Å². The molecule has 1 aliphatic rings. The van der Waals surface area contributed by atoms with Gasteiger partial charge in [-0.15, -0.1) is 0 Å². The number of aromatic nitrogens is 4. The molecule has 0 aliphatic heterocycles. The molecule has 1 fully saturated rings. The van der Waals surface area contributed by atoms with Crippen LogP contribution in [0.25, 0.3) is 17.2 Å². The molecule has 2 heterocycles. The van der Waals surface area contributed by atoms with E-state index in [1.165, 1.54) is 18.2 Å². The molecule has 2 aromatic heterocycles. The monoisotopic (exact) mass is 488 g/mol. The first-order valence-corrected chi connectivity index (χ1v) is 10.7. The minimum atomic E-state index is -3.75. The number of hydrogen-bond acceptors (Lipinski definition) is 8. The van der Waals surface area contributed by atoms with Crippen LogP contribution in [0, 0.1) is 11.7 Å². The largest absolute Gasteiger partial charge is 0.446 e. The minimum absolute atomic E-state index is 0.0586. The van der Waals surface area contributed by atoms with Gasteiger partial charge in [-0.25, -0.2) is 23.5 Å². The summed E-state index contributed by atoms with van der Waals surface area (Å²) >= 11 is 3.07. The molecule has 1 aliphatic carbocycles. The fraction of sp³-hybridized carbons (Fsp3) is 0.333. The third-order valence-corrected chi connectivity index (χ3v) is 5.85. The molecule has 0 unspecified atom stereocenters. The molecule has 14 heteroatoms. The van der Waals surface area contributed by atoms with Gasteiger partial charge in [-0.1, -0.05) is 10.3 Å². The van der Waals surface area contributed by atoms with Crippen LogP contribution in [0.15, 0.2) is 36.6 Å². The van der Waals surface area contributed by atoms with Crippen LogP contribution in [0.2, 0.25) is 0 Å². The molecule has 154 valence electrons. The molecule has 11 nitrogen and oxygen atoms in total. The van der Waals surface area contributed by atoms with E-state index >= 15 is 0 Å².